The van der Waals surface area contributed by atoms with E-state index in [0.717, 1.165) is 27.5 Å². The monoisotopic (exact) mass is 362 g/mol. The van der Waals surface area contributed by atoms with Crippen LogP contribution in [0.2, 0.25) is 0 Å². The van der Waals surface area contributed by atoms with Crippen LogP contribution < -0.4 is 14.9 Å². The lowest BCUT2D eigenvalue weighted by Crippen LogP contribution is -2.24. The fraction of sp³-hybridized carbons (Fsp3) is 0.182. The highest BCUT2D eigenvalue weighted by Crippen LogP contribution is 2.26. The lowest BCUT2D eigenvalue weighted by Gasteiger charge is -2.09. The van der Waals surface area contributed by atoms with Gasteiger partial charge >= 0.3 is 0 Å². The first kappa shape index (κ1) is 18.5. The molecule has 3 aromatic carbocycles. The molecule has 0 bridgehead atoms. The molecule has 3 aromatic rings. The molecule has 138 valence electrons. The van der Waals surface area contributed by atoms with Crippen LogP contribution >= 0.6 is 0 Å². The standard InChI is InChI=1S/C22H22N2O3/c1-15-8-9-16(2)21(12-15)27-14-22(25)24-23-13-19-18-7-5-4-6-17(18)10-11-20(19)26-3/h4-13H,14H2,1-3H3,(H,24,25)/b23-13+. The molecule has 0 spiro atoms. The number of carbonyl (C=O) groups is 1. The van der Waals surface area contributed by atoms with E-state index in [1.807, 2.05) is 68.4 Å². The largest absolute Gasteiger partial charge is 0.496 e. The molecule has 0 unspecified atom stereocenters. The normalized spacial score (nSPS) is 10.9. The molecule has 0 atom stereocenters. The first-order valence-corrected chi connectivity index (χ1v) is 8.66. The van der Waals surface area contributed by atoms with Crippen LogP contribution in [0.25, 0.3) is 10.8 Å². The topological polar surface area (TPSA) is 59.9 Å². The Labute approximate surface area is 158 Å². The average Bonchev–Trinajstić information content (AvgIpc) is 2.68. The van der Waals surface area contributed by atoms with Gasteiger partial charge in [0, 0.05) is 5.56 Å². The summed E-state index contributed by atoms with van der Waals surface area (Å²) in [5, 5.41) is 6.14. The second kappa shape index (κ2) is 8.36. The van der Waals surface area contributed by atoms with Gasteiger partial charge < -0.3 is 9.47 Å². The maximum Gasteiger partial charge on any atom is 0.277 e. The summed E-state index contributed by atoms with van der Waals surface area (Å²) in [4.78, 5) is 12.0. The lowest BCUT2D eigenvalue weighted by atomic mass is 10.0. The van der Waals surface area contributed by atoms with Crippen molar-refractivity contribution >= 4 is 22.9 Å². The summed E-state index contributed by atoms with van der Waals surface area (Å²) in [7, 11) is 1.61. The summed E-state index contributed by atoms with van der Waals surface area (Å²) >= 11 is 0. The Morgan fingerprint density at radius 2 is 1.89 bits per heavy atom. The Hall–Kier alpha value is -3.34. The number of amides is 1. The van der Waals surface area contributed by atoms with Crippen molar-refractivity contribution in [2.24, 2.45) is 5.10 Å². The van der Waals surface area contributed by atoms with Gasteiger partial charge in [0.15, 0.2) is 6.61 Å². The number of nitrogens with one attached hydrogen (secondary N) is 1. The van der Waals surface area contributed by atoms with Crippen LogP contribution in [-0.2, 0) is 4.79 Å². The summed E-state index contributed by atoms with van der Waals surface area (Å²) in [6, 6.07) is 17.7. The van der Waals surface area contributed by atoms with Crippen molar-refractivity contribution in [2.75, 3.05) is 13.7 Å². The number of aryl methyl sites for hydroxylation is 2. The number of methoxy groups -OCH3 is 1. The zero-order chi connectivity index (χ0) is 19.2. The number of ether oxygens (including phenoxy) is 2. The number of hydrogen-bond acceptors (Lipinski definition) is 4. The van der Waals surface area contributed by atoms with Crippen molar-refractivity contribution in [3.63, 3.8) is 0 Å². The van der Waals surface area contributed by atoms with Crippen molar-refractivity contribution in [2.45, 2.75) is 13.8 Å². The Bertz CT molecular complexity index is 996. The number of nitrogens with zero attached hydrogens (tertiary/aromatic N) is 1. The SMILES string of the molecule is COc1ccc2ccccc2c1/C=N/NC(=O)COc1cc(C)ccc1C. The van der Waals surface area contributed by atoms with Gasteiger partial charge in [-0.1, -0.05) is 42.5 Å². The van der Waals surface area contributed by atoms with E-state index in [4.69, 9.17) is 9.47 Å². The molecule has 5 nitrogen and oxygen atoms in total. The Kier molecular flexibility index (Phi) is 5.71. The number of hydrazone groups is 1. The van der Waals surface area contributed by atoms with E-state index >= 15 is 0 Å². The molecular formula is C22H22N2O3. The second-order valence-corrected chi connectivity index (χ2v) is 6.25. The lowest BCUT2D eigenvalue weighted by molar-refractivity contribution is -0.123. The van der Waals surface area contributed by atoms with Crippen LogP contribution in [0.15, 0.2) is 59.7 Å². The highest BCUT2D eigenvalue weighted by Gasteiger charge is 2.07. The molecule has 27 heavy (non-hydrogen) atoms. The van der Waals surface area contributed by atoms with Crippen LogP contribution in [0.5, 0.6) is 11.5 Å². The van der Waals surface area contributed by atoms with Crippen LogP contribution in [0, 0.1) is 13.8 Å². The highest BCUT2D eigenvalue weighted by atomic mass is 16.5. The molecule has 3 rings (SSSR count). The zero-order valence-corrected chi connectivity index (χ0v) is 15.7. The highest BCUT2D eigenvalue weighted by molar-refractivity contribution is 6.02. The quantitative estimate of drug-likeness (QED) is 0.533. The van der Waals surface area contributed by atoms with Crippen molar-refractivity contribution < 1.29 is 14.3 Å². The van der Waals surface area contributed by atoms with E-state index in [2.05, 4.69) is 10.5 Å². The maximum atomic E-state index is 12.0. The van der Waals surface area contributed by atoms with Gasteiger partial charge in [0.2, 0.25) is 0 Å². The van der Waals surface area contributed by atoms with Crippen LogP contribution in [0.4, 0.5) is 0 Å². The molecule has 0 aromatic heterocycles. The Morgan fingerprint density at radius 1 is 1.07 bits per heavy atom. The average molecular weight is 362 g/mol. The molecule has 0 saturated carbocycles. The third-order valence-electron chi connectivity index (χ3n) is 4.24. The minimum absolute atomic E-state index is 0.103. The van der Waals surface area contributed by atoms with E-state index in [1.165, 1.54) is 0 Å². The van der Waals surface area contributed by atoms with E-state index in [0.29, 0.717) is 11.5 Å². The molecule has 1 N–H and O–H groups in total. The maximum absolute atomic E-state index is 12.0. The molecule has 1 amide bonds. The fourth-order valence-electron chi connectivity index (χ4n) is 2.79. The van der Waals surface area contributed by atoms with Crippen molar-refractivity contribution in [1.82, 2.24) is 5.43 Å². The zero-order valence-electron chi connectivity index (χ0n) is 15.7. The number of benzene rings is 3. The van der Waals surface area contributed by atoms with Crippen molar-refractivity contribution in [1.29, 1.82) is 0 Å². The molecule has 5 heteroatoms. The number of rotatable bonds is 6. The van der Waals surface area contributed by atoms with E-state index in [-0.39, 0.29) is 12.5 Å². The summed E-state index contributed by atoms with van der Waals surface area (Å²) < 4.78 is 11.0. The second-order valence-electron chi connectivity index (χ2n) is 6.25. The Morgan fingerprint density at radius 3 is 2.70 bits per heavy atom. The van der Waals surface area contributed by atoms with Gasteiger partial charge in [-0.2, -0.15) is 5.10 Å². The molecule has 0 aliphatic rings. The predicted octanol–water partition coefficient (Wildman–Crippen LogP) is 3.99. The number of hydrogen-bond donors (Lipinski definition) is 1. The van der Waals surface area contributed by atoms with Crippen molar-refractivity contribution in [3.05, 3.63) is 71.3 Å². The molecule has 0 aliphatic heterocycles. The molecule has 0 heterocycles. The minimum Gasteiger partial charge on any atom is -0.496 e. The number of fused-ring (bicyclic) bond motifs is 1. The van der Waals surface area contributed by atoms with Gasteiger partial charge in [0.1, 0.15) is 11.5 Å². The summed E-state index contributed by atoms with van der Waals surface area (Å²) in [5.74, 6) is 1.06. The van der Waals surface area contributed by atoms with Gasteiger partial charge in [-0.3, -0.25) is 4.79 Å². The third kappa shape index (κ3) is 4.44. The summed E-state index contributed by atoms with van der Waals surface area (Å²) in [6.45, 7) is 3.82. The molecular weight excluding hydrogens is 340 g/mol. The van der Waals surface area contributed by atoms with E-state index in [9.17, 15) is 4.79 Å². The van der Waals surface area contributed by atoms with E-state index < -0.39 is 0 Å². The Balaban J connectivity index is 1.68. The minimum atomic E-state index is -0.327. The van der Waals surface area contributed by atoms with Crippen LogP contribution in [0.3, 0.4) is 0 Å². The molecule has 0 aliphatic carbocycles. The van der Waals surface area contributed by atoms with Gasteiger partial charge in [-0.05, 0) is 47.9 Å². The van der Waals surface area contributed by atoms with Gasteiger partial charge in [-0.25, -0.2) is 5.43 Å². The van der Waals surface area contributed by atoms with Gasteiger partial charge in [0.05, 0.1) is 13.3 Å². The first-order chi connectivity index (χ1) is 13.1. The van der Waals surface area contributed by atoms with Crippen molar-refractivity contribution in [3.8, 4) is 11.5 Å². The predicted molar refractivity (Wildman–Crippen MR) is 108 cm³/mol. The number of carbonyl (C=O) groups excluding carboxylic acids is 1. The molecule has 0 radical (unpaired) electrons. The third-order valence-corrected chi connectivity index (χ3v) is 4.24. The molecule has 0 fully saturated rings. The van der Waals surface area contributed by atoms with Gasteiger partial charge in [-0.15, -0.1) is 0 Å². The fourth-order valence-corrected chi connectivity index (χ4v) is 2.79. The summed E-state index contributed by atoms with van der Waals surface area (Å²) in [5.41, 5.74) is 5.38. The first-order valence-electron chi connectivity index (χ1n) is 8.66. The smallest absolute Gasteiger partial charge is 0.277 e. The van der Waals surface area contributed by atoms with Gasteiger partial charge in [0.25, 0.3) is 5.91 Å². The van der Waals surface area contributed by atoms with Crippen LogP contribution in [0.1, 0.15) is 16.7 Å². The summed E-state index contributed by atoms with van der Waals surface area (Å²) in [6.07, 6.45) is 1.59. The van der Waals surface area contributed by atoms with E-state index in [1.54, 1.807) is 13.3 Å². The van der Waals surface area contributed by atoms with Crippen LogP contribution in [-0.4, -0.2) is 25.8 Å². The molecule has 0 saturated heterocycles.